The topological polar surface area (TPSA) is 79.2 Å². The molecule has 0 atom stereocenters. The standard InChI is InChI=1S/C14H16N2O3S/c1-19-14(18)12-9-5-3-2-4-6-10(9)20-13(12)16-11(17)7-8-15/h2-7H2,1H3,(H,16,17). The fourth-order valence-corrected chi connectivity index (χ4v) is 3.68. The summed E-state index contributed by atoms with van der Waals surface area (Å²) in [5, 5.41) is 11.7. The molecule has 1 N–H and O–H groups in total. The molecule has 5 nitrogen and oxygen atoms in total. The maximum Gasteiger partial charge on any atom is 0.341 e. The number of nitrogens with zero attached hydrogens (tertiary/aromatic N) is 1. The number of nitrogens with one attached hydrogen (secondary N) is 1. The number of rotatable bonds is 3. The molecule has 1 aliphatic carbocycles. The Kier molecular flexibility index (Phi) is 4.74. The van der Waals surface area contributed by atoms with Gasteiger partial charge in [-0.2, -0.15) is 5.26 Å². The minimum absolute atomic E-state index is 0.219. The number of hydrogen-bond donors (Lipinski definition) is 1. The molecule has 0 fully saturated rings. The van der Waals surface area contributed by atoms with Gasteiger partial charge in [-0.05, 0) is 31.2 Å². The maximum absolute atomic E-state index is 12.0. The van der Waals surface area contributed by atoms with E-state index < -0.39 is 11.9 Å². The third-order valence-corrected chi connectivity index (χ3v) is 4.51. The first-order chi connectivity index (χ1) is 9.67. The van der Waals surface area contributed by atoms with Crippen molar-refractivity contribution < 1.29 is 14.3 Å². The van der Waals surface area contributed by atoms with Gasteiger partial charge in [0.25, 0.3) is 0 Å². The van der Waals surface area contributed by atoms with Gasteiger partial charge >= 0.3 is 5.97 Å². The molecule has 1 aliphatic rings. The number of aryl methyl sites for hydroxylation is 1. The summed E-state index contributed by atoms with van der Waals surface area (Å²) in [4.78, 5) is 24.7. The largest absolute Gasteiger partial charge is 0.465 e. The Bertz CT molecular complexity index is 572. The van der Waals surface area contributed by atoms with Gasteiger partial charge in [0.05, 0.1) is 18.7 Å². The first-order valence-electron chi connectivity index (χ1n) is 6.57. The van der Waals surface area contributed by atoms with E-state index >= 15 is 0 Å². The second-order valence-corrected chi connectivity index (χ2v) is 5.75. The summed E-state index contributed by atoms with van der Waals surface area (Å²) < 4.78 is 4.84. The molecule has 0 saturated heterocycles. The number of hydrogen-bond acceptors (Lipinski definition) is 5. The number of carbonyl (C=O) groups excluding carboxylic acids is 2. The predicted molar refractivity (Wildman–Crippen MR) is 75.8 cm³/mol. The SMILES string of the molecule is COC(=O)c1c(NC(=O)CC#N)sc2c1CCCCC2. The summed E-state index contributed by atoms with van der Waals surface area (Å²) in [6.45, 7) is 0. The van der Waals surface area contributed by atoms with Crippen LogP contribution < -0.4 is 5.32 Å². The molecule has 0 spiro atoms. The Morgan fingerprint density at radius 2 is 2.10 bits per heavy atom. The summed E-state index contributed by atoms with van der Waals surface area (Å²) in [6, 6.07) is 1.80. The minimum Gasteiger partial charge on any atom is -0.465 e. The molecule has 0 bridgehead atoms. The number of nitriles is 1. The monoisotopic (exact) mass is 292 g/mol. The van der Waals surface area contributed by atoms with E-state index in [1.54, 1.807) is 6.07 Å². The summed E-state index contributed by atoms with van der Waals surface area (Å²) in [5.41, 5.74) is 1.48. The number of carbonyl (C=O) groups is 2. The summed E-state index contributed by atoms with van der Waals surface area (Å²) >= 11 is 1.43. The second-order valence-electron chi connectivity index (χ2n) is 4.64. The van der Waals surface area contributed by atoms with Crippen molar-refractivity contribution >= 4 is 28.2 Å². The molecule has 0 saturated carbocycles. The molecular weight excluding hydrogens is 276 g/mol. The molecular formula is C14H16N2O3S. The van der Waals surface area contributed by atoms with Crippen molar-refractivity contribution in [3.63, 3.8) is 0 Å². The number of methoxy groups -OCH3 is 1. The Morgan fingerprint density at radius 3 is 2.80 bits per heavy atom. The second kappa shape index (κ2) is 6.53. The zero-order valence-electron chi connectivity index (χ0n) is 11.3. The van der Waals surface area contributed by atoms with Crippen molar-refractivity contribution in [2.45, 2.75) is 38.5 Å². The third-order valence-electron chi connectivity index (χ3n) is 3.30. The Morgan fingerprint density at radius 1 is 1.35 bits per heavy atom. The van der Waals surface area contributed by atoms with Crippen LogP contribution in [0.2, 0.25) is 0 Å². The van der Waals surface area contributed by atoms with Crippen LogP contribution in [-0.4, -0.2) is 19.0 Å². The lowest BCUT2D eigenvalue weighted by Crippen LogP contribution is -2.13. The van der Waals surface area contributed by atoms with Crippen LogP contribution in [0, 0.1) is 11.3 Å². The number of anilines is 1. The van der Waals surface area contributed by atoms with Gasteiger partial charge in [0.15, 0.2) is 0 Å². The van der Waals surface area contributed by atoms with E-state index in [1.165, 1.54) is 18.4 Å². The van der Waals surface area contributed by atoms with Gasteiger partial charge < -0.3 is 10.1 Å². The van der Waals surface area contributed by atoms with Crippen molar-refractivity contribution in [2.24, 2.45) is 0 Å². The van der Waals surface area contributed by atoms with Crippen LogP contribution in [0.15, 0.2) is 0 Å². The van der Waals surface area contributed by atoms with Crippen molar-refractivity contribution in [1.29, 1.82) is 5.26 Å². The van der Waals surface area contributed by atoms with Crippen LogP contribution in [0.4, 0.5) is 5.00 Å². The van der Waals surface area contributed by atoms with Crippen LogP contribution in [-0.2, 0) is 22.4 Å². The summed E-state index contributed by atoms with van der Waals surface area (Å²) in [7, 11) is 1.34. The van der Waals surface area contributed by atoms with E-state index in [9.17, 15) is 9.59 Å². The highest BCUT2D eigenvalue weighted by atomic mass is 32.1. The van der Waals surface area contributed by atoms with Crippen LogP contribution in [0.5, 0.6) is 0 Å². The van der Waals surface area contributed by atoms with Crippen LogP contribution in [0.3, 0.4) is 0 Å². The number of ether oxygens (including phenoxy) is 1. The number of amides is 1. The van der Waals surface area contributed by atoms with Gasteiger partial charge in [0, 0.05) is 4.88 Å². The van der Waals surface area contributed by atoms with E-state index in [0.717, 1.165) is 42.5 Å². The van der Waals surface area contributed by atoms with E-state index in [-0.39, 0.29) is 6.42 Å². The molecule has 0 unspecified atom stereocenters. The predicted octanol–water partition coefficient (Wildman–Crippen LogP) is 2.66. The normalized spacial score (nSPS) is 13.8. The summed E-state index contributed by atoms with van der Waals surface area (Å²) in [5.74, 6) is -0.814. The smallest absolute Gasteiger partial charge is 0.341 e. The highest BCUT2D eigenvalue weighted by molar-refractivity contribution is 7.17. The molecule has 2 rings (SSSR count). The molecule has 0 radical (unpaired) electrons. The number of thiophene rings is 1. The number of fused-ring (bicyclic) bond motifs is 1. The third kappa shape index (κ3) is 2.99. The molecule has 1 aromatic rings. The molecule has 1 heterocycles. The van der Waals surface area contributed by atoms with Crippen LogP contribution in [0.1, 0.15) is 46.5 Å². The van der Waals surface area contributed by atoms with Crippen LogP contribution in [0.25, 0.3) is 0 Å². The van der Waals surface area contributed by atoms with Crippen molar-refractivity contribution in [1.82, 2.24) is 0 Å². The van der Waals surface area contributed by atoms with Gasteiger partial charge in [0.2, 0.25) is 5.91 Å². The highest BCUT2D eigenvalue weighted by Crippen LogP contribution is 2.37. The zero-order chi connectivity index (χ0) is 14.5. The zero-order valence-corrected chi connectivity index (χ0v) is 12.1. The van der Waals surface area contributed by atoms with Crippen molar-refractivity contribution in [2.75, 3.05) is 12.4 Å². The lowest BCUT2D eigenvalue weighted by Gasteiger charge is -2.06. The molecule has 0 aromatic carbocycles. The summed E-state index contributed by atoms with van der Waals surface area (Å²) in [6.07, 6.45) is 4.84. The van der Waals surface area contributed by atoms with Gasteiger partial charge in [-0.15, -0.1) is 11.3 Å². The minimum atomic E-state index is -0.420. The fourth-order valence-electron chi connectivity index (χ4n) is 2.39. The molecule has 1 aromatic heterocycles. The fraction of sp³-hybridized carbons (Fsp3) is 0.500. The van der Waals surface area contributed by atoms with Crippen molar-refractivity contribution in [3.05, 3.63) is 16.0 Å². The van der Waals surface area contributed by atoms with E-state index in [4.69, 9.17) is 10.00 Å². The van der Waals surface area contributed by atoms with E-state index in [2.05, 4.69) is 5.32 Å². The molecule has 20 heavy (non-hydrogen) atoms. The molecule has 1 amide bonds. The average Bonchev–Trinajstić information content (AvgIpc) is 2.60. The van der Waals surface area contributed by atoms with Gasteiger partial charge in [0.1, 0.15) is 11.4 Å². The van der Waals surface area contributed by atoms with Crippen molar-refractivity contribution in [3.8, 4) is 6.07 Å². The number of esters is 1. The Balaban J connectivity index is 2.38. The van der Waals surface area contributed by atoms with Crippen LogP contribution >= 0.6 is 11.3 Å². The molecule has 106 valence electrons. The quantitative estimate of drug-likeness (QED) is 0.686. The van der Waals surface area contributed by atoms with Gasteiger partial charge in [-0.25, -0.2) is 4.79 Å². The highest BCUT2D eigenvalue weighted by Gasteiger charge is 2.26. The first-order valence-corrected chi connectivity index (χ1v) is 7.38. The van der Waals surface area contributed by atoms with E-state index in [0.29, 0.717) is 10.6 Å². The van der Waals surface area contributed by atoms with Gasteiger partial charge in [-0.1, -0.05) is 6.42 Å². The Labute approximate surface area is 121 Å². The molecule has 0 aliphatic heterocycles. The maximum atomic E-state index is 12.0. The van der Waals surface area contributed by atoms with E-state index in [1.807, 2.05) is 0 Å². The average molecular weight is 292 g/mol. The molecule has 6 heteroatoms. The Hall–Kier alpha value is -1.87. The van der Waals surface area contributed by atoms with Gasteiger partial charge in [-0.3, -0.25) is 4.79 Å². The lowest BCUT2D eigenvalue weighted by molar-refractivity contribution is -0.115. The first kappa shape index (κ1) is 14.5. The lowest BCUT2D eigenvalue weighted by atomic mass is 10.1.